The molecule has 0 unspecified atom stereocenters. The number of thioether (sulfide) groups is 1. The van der Waals surface area contributed by atoms with E-state index in [0.29, 0.717) is 28.8 Å². The minimum atomic E-state index is -0.410. The lowest BCUT2D eigenvalue weighted by Gasteiger charge is -2.20. The van der Waals surface area contributed by atoms with Crippen molar-refractivity contribution in [1.82, 2.24) is 19.7 Å². The van der Waals surface area contributed by atoms with Gasteiger partial charge in [-0.05, 0) is 12.1 Å². The van der Waals surface area contributed by atoms with Crippen LogP contribution in [0.4, 0.5) is 5.69 Å². The van der Waals surface area contributed by atoms with Crippen LogP contribution in [0.5, 0.6) is 5.75 Å². The van der Waals surface area contributed by atoms with Crippen LogP contribution >= 0.6 is 11.8 Å². The number of nitro benzene ring substituents is 1. The molecule has 0 N–H and O–H groups in total. The summed E-state index contributed by atoms with van der Waals surface area (Å²) in [5, 5.41) is 20.4. The zero-order chi connectivity index (χ0) is 18.8. The SMILES string of the molecule is Cn1c(SCc2cc([N+](=O)[O-])cc3c2OCOC3)nnc1-c1ccncc1. The van der Waals surface area contributed by atoms with Gasteiger partial charge in [-0.25, -0.2) is 0 Å². The summed E-state index contributed by atoms with van der Waals surface area (Å²) in [6, 6.07) is 6.76. The summed E-state index contributed by atoms with van der Waals surface area (Å²) in [6.07, 6.45) is 3.40. The molecule has 0 spiro atoms. The molecule has 27 heavy (non-hydrogen) atoms. The van der Waals surface area contributed by atoms with Crippen molar-refractivity contribution in [3.8, 4) is 17.1 Å². The Kier molecular flexibility index (Phi) is 4.73. The number of hydrogen-bond donors (Lipinski definition) is 0. The van der Waals surface area contributed by atoms with Crippen molar-refractivity contribution in [3.05, 3.63) is 57.9 Å². The van der Waals surface area contributed by atoms with E-state index in [1.54, 1.807) is 12.4 Å². The van der Waals surface area contributed by atoms with E-state index < -0.39 is 4.92 Å². The van der Waals surface area contributed by atoms with Gasteiger partial charge in [0, 0.05) is 54.0 Å². The largest absolute Gasteiger partial charge is 0.467 e. The highest BCUT2D eigenvalue weighted by Gasteiger charge is 2.21. The van der Waals surface area contributed by atoms with Crippen molar-refractivity contribution < 1.29 is 14.4 Å². The molecule has 0 amide bonds. The van der Waals surface area contributed by atoms with E-state index in [2.05, 4.69) is 15.2 Å². The van der Waals surface area contributed by atoms with Crippen LogP contribution in [-0.2, 0) is 24.1 Å². The van der Waals surface area contributed by atoms with Crippen LogP contribution in [0.2, 0.25) is 0 Å². The monoisotopic (exact) mass is 385 g/mol. The van der Waals surface area contributed by atoms with Crippen LogP contribution in [0.15, 0.2) is 41.8 Å². The van der Waals surface area contributed by atoms with E-state index in [0.717, 1.165) is 17.0 Å². The molecule has 0 radical (unpaired) electrons. The fraction of sp³-hybridized carbons (Fsp3) is 0.235. The molecule has 1 aliphatic rings. The summed E-state index contributed by atoms with van der Waals surface area (Å²) in [6.45, 7) is 0.434. The van der Waals surface area contributed by atoms with Crippen molar-refractivity contribution >= 4 is 17.4 Å². The molecular weight excluding hydrogens is 370 g/mol. The lowest BCUT2D eigenvalue weighted by molar-refractivity contribution is -0.385. The van der Waals surface area contributed by atoms with E-state index in [-0.39, 0.29) is 12.5 Å². The standard InChI is InChI=1S/C17H15N5O4S/c1-21-16(11-2-4-18-5-3-11)19-20-17(21)27-9-13-7-14(22(23)24)6-12-8-25-10-26-15(12)13/h2-7H,8-10H2,1H3. The van der Waals surface area contributed by atoms with Crippen molar-refractivity contribution in [2.24, 2.45) is 7.05 Å². The molecule has 138 valence electrons. The second-order valence-electron chi connectivity index (χ2n) is 5.85. The lowest BCUT2D eigenvalue weighted by atomic mass is 10.1. The summed E-state index contributed by atoms with van der Waals surface area (Å²) in [5.41, 5.74) is 2.36. The first-order valence-corrected chi connectivity index (χ1v) is 9.05. The van der Waals surface area contributed by atoms with Gasteiger partial charge in [-0.15, -0.1) is 10.2 Å². The third-order valence-corrected chi connectivity index (χ3v) is 5.18. The maximum Gasteiger partial charge on any atom is 0.270 e. The Morgan fingerprint density at radius 2 is 2.11 bits per heavy atom. The lowest BCUT2D eigenvalue weighted by Crippen LogP contribution is -2.13. The zero-order valence-corrected chi connectivity index (χ0v) is 15.2. The van der Waals surface area contributed by atoms with Gasteiger partial charge in [-0.2, -0.15) is 0 Å². The summed E-state index contributed by atoms with van der Waals surface area (Å²) in [4.78, 5) is 14.8. The van der Waals surface area contributed by atoms with Crippen molar-refractivity contribution in [1.29, 1.82) is 0 Å². The number of nitro groups is 1. The first-order chi connectivity index (χ1) is 13.1. The Hall–Kier alpha value is -2.98. The Morgan fingerprint density at radius 3 is 2.89 bits per heavy atom. The molecule has 0 fully saturated rings. The molecular formula is C17H15N5O4S. The normalized spacial score (nSPS) is 13.1. The summed E-state index contributed by atoms with van der Waals surface area (Å²) >= 11 is 1.44. The van der Waals surface area contributed by atoms with E-state index in [1.165, 1.54) is 23.9 Å². The van der Waals surface area contributed by atoms with Crippen molar-refractivity contribution in [2.45, 2.75) is 17.5 Å². The molecule has 3 heterocycles. The van der Waals surface area contributed by atoms with Crippen LogP contribution in [0.25, 0.3) is 11.4 Å². The van der Waals surface area contributed by atoms with Gasteiger partial charge < -0.3 is 14.0 Å². The minimum absolute atomic E-state index is 0.0221. The maximum atomic E-state index is 11.2. The number of aromatic nitrogens is 4. The van der Waals surface area contributed by atoms with E-state index in [9.17, 15) is 10.1 Å². The summed E-state index contributed by atoms with van der Waals surface area (Å²) < 4.78 is 12.7. The number of non-ortho nitro benzene ring substituents is 1. The number of hydrogen-bond acceptors (Lipinski definition) is 8. The molecule has 1 aromatic carbocycles. The third kappa shape index (κ3) is 3.49. The fourth-order valence-corrected chi connectivity index (χ4v) is 3.71. The molecule has 0 bridgehead atoms. The minimum Gasteiger partial charge on any atom is -0.467 e. The predicted octanol–water partition coefficient (Wildman–Crippen LogP) is 2.94. The molecule has 0 atom stereocenters. The van der Waals surface area contributed by atoms with Gasteiger partial charge in [0.05, 0.1) is 11.5 Å². The Balaban J connectivity index is 1.60. The smallest absolute Gasteiger partial charge is 0.270 e. The number of pyridine rings is 1. The van der Waals surface area contributed by atoms with E-state index in [4.69, 9.17) is 9.47 Å². The molecule has 0 saturated heterocycles. The van der Waals surface area contributed by atoms with E-state index in [1.807, 2.05) is 23.7 Å². The molecule has 1 aliphatic heterocycles. The Labute approximate surface area is 158 Å². The number of ether oxygens (including phenoxy) is 2. The maximum absolute atomic E-state index is 11.2. The van der Waals surface area contributed by atoms with Crippen LogP contribution in [0.3, 0.4) is 0 Å². The number of benzene rings is 1. The topological polar surface area (TPSA) is 105 Å². The van der Waals surface area contributed by atoms with Gasteiger partial charge in [0.1, 0.15) is 5.75 Å². The second-order valence-corrected chi connectivity index (χ2v) is 6.79. The Morgan fingerprint density at radius 1 is 1.30 bits per heavy atom. The van der Waals surface area contributed by atoms with Crippen LogP contribution < -0.4 is 4.74 Å². The molecule has 2 aromatic heterocycles. The van der Waals surface area contributed by atoms with Gasteiger partial charge in [0.15, 0.2) is 17.8 Å². The average Bonchev–Trinajstić information content (AvgIpc) is 3.07. The first-order valence-electron chi connectivity index (χ1n) is 8.07. The number of fused-ring (bicyclic) bond motifs is 1. The van der Waals surface area contributed by atoms with Gasteiger partial charge in [0.2, 0.25) is 0 Å². The third-order valence-electron chi connectivity index (χ3n) is 4.11. The van der Waals surface area contributed by atoms with Crippen molar-refractivity contribution in [3.63, 3.8) is 0 Å². The zero-order valence-electron chi connectivity index (χ0n) is 14.4. The van der Waals surface area contributed by atoms with Crippen LogP contribution in [-0.4, -0.2) is 31.5 Å². The first kappa shape index (κ1) is 17.4. The summed E-state index contributed by atoms with van der Waals surface area (Å²) in [5.74, 6) is 1.84. The molecule has 4 rings (SSSR count). The Bertz CT molecular complexity index is 992. The molecule has 0 saturated carbocycles. The highest BCUT2D eigenvalue weighted by molar-refractivity contribution is 7.98. The highest BCUT2D eigenvalue weighted by Crippen LogP contribution is 2.36. The molecule has 10 heteroatoms. The second kappa shape index (κ2) is 7.33. The average molecular weight is 385 g/mol. The van der Waals surface area contributed by atoms with Crippen LogP contribution in [0, 0.1) is 10.1 Å². The van der Waals surface area contributed by atoms with Crippen molar-refractivity contribution in [2.75, 3.05) is 6.79 Å². The molecule has 3 aromatic rings. The summed E-state index contributed by atoms with van der Waals surface area (Å²) in [7, 11) is 1.88. The molecule has 9 nitrogen and oxygen atoms in total. The van der Waals surface area contributed by atoms with Gasteiger partial charge in [-0.3, -0.25) is 15.1 Å². The van der Waals surface area contributed by atoms with Gasteiger partial charge in [0.25, 0.3) is 5.69 Å². The fourth-order valence-electron chi connectivity index (χ4n) is 2.83. The predicted molar refractivity (Wildman–Crippen MR) is 97.2 cm³/mol. The highest BCUT2D eigenvalue weighted by atomic mass is 32.2. The van der Waals surface area contributed by atoms with E-state index >= 15 is 0 Å². The van der Waals surface area contributed by atoms with Gasteiger partial charge >= 0.3 is 0 Å². The van der Waals surface area contributed by atoms with Crippen LogP contribution in [0.1, 0.15) is 11.1 Å². The quantitative estimate of drug-likeness (QED) is 0.375. The molecule has 0 aliphatic carbocycles. The number of rotatable bonds is 5. The van der Waals surface area contributed by atoms with Gasteiger partial charge in [-0.1, -0.05) is 11.8 Å². The number of nitrogens with zero attached hydrogens (tertiary/aromatic N) is 5.